The van der Waals surface area contributed by atoms with E-state index in [0.717, 1.165) is 5.56 Å². The molecule has 3 aromatic carbocycles. The Balaban J connectivity index is 1.36. The topological polar surface area (TPSA) is 100 Å². The number of aryl methyl sites for hydroxylation is 1. The highest BCUT2D eigenvalue weighted by Gasteiger charge is 2.25. The number of anilines is 2. The summed E-state index contributed by atoms with van der Waals surface area (Å²) in [5, 5.41) is 6.41. The average molecular weight is 554 g/mol. The van der Waals surface area contributed by atoms with Gasteiger partial charge in [0.1, 0.15) is 25.6 Å². The molecule has 0 aliphatic carbocycles. The standard InChI is InChI=1S/C28H25ClFN3O6/c1-16-13-17(3-5-19(16)29)32-28(34)33-18-4-6-22(20(30)14-18)39-23-7-8-31-21-15-24(36-10-9-35-2)26-27(25(21)23)38-12-11-37-26/h3-8,13-15H,9-12H2,1-2H3,(H2,32,33,34). The van der Waals surface area contributed by atoms with E-state index in [1.54, 1.807) is 43.6 Å². The van der Waals surface area contributed by atoms with Crippen molar-refractivity contribution in [1.82, 2.24) is 4.98 Å². The number of halogens is 2. The molecule has 2 heterocycles. The second kappa shape index (κ2) is 11.6. The highest BCUT2D eigenvalue weighted by atomic mass is 35.5. The molecule has 9 nitrogen and oxygen atoms in total. The van der Waals surface area contributed by atoms with Gasteiger partial charge in [0.15, 0.2) is 23.1 Å². The largest absolute Gasteiger partial charge is 0.487 e. The second-order valence-corrected chi connectivity index (χ2v) is 8.97. The number of aromatic nitrogens is 1. The van der Waals surface area contributed by atoms with Gasteiger partial charge in [-0.2, -0.15) is 0 Å². The van der Waals surface area contributed by atoms with Crippen molar-refractivity contribution >= 4 is 39.9 Å². The molecule has 202 valence electrons. The van der Waals surface area contributed by atoms with Crippen LogP contribution in [0.1, 0.15) is 5.56 Å². The fourth-order valence-electron chi connectivity index (χ4n) is 4.00. The van der Waals surface area contributed by atoms with Crippen LogP contribution in [0.3, 0.4) is 0 Å². The molecule has 39 heavy (non-hydrogen) atoms. The van der Waals surface area contributed by atoms with Crippen LogP contribution in [0.15, 0.2) is 54.7 Å². The number of fused-ring (bicyclic) bond motifs is 3. The number of amides is 2. The fourth-order valence-corrected chi connectivity index (χ4v) is 4.11. The lowest BCUT2D eigenvalue weighted by Gasteiger charge is -2.23. The van der Waals surface area contributed by atoms with Crippen molar-refractivity contribution in [2.75, 3.05) is 44.2 Å². The Kier molecular flexibility index (Phi) is 7.85. The molecule has 11 heteroatoms. The van der Waals surface area contributed by atoms with E-state index in [9.17, 15) is 4.79 Å². The van der Waals surface area contributed by atoms with Crippen molar-refractivity contribution in [1.29, 1.82) is 0 Å². The number of nitrogens with one attached hydrogen (secondary N) is 2. The molecule has 0 saturated carbocycles. The Morgan fingerprint density at radius 3 is 2.46 bits per heavy atom. The fraction of sp³-hybridized carbons (Fsp3) is 0.214. The van der Waals surface area contributed by atoms with Crippen LogP contribution < -0.4 is 29.6 Å². The van der Waals surface area contributed by atoms with Crippen LogP contribution in [0, 0.1) is 12.7 Å². The molecule has 4 aromatic rings. The molecule has 0 radical (unpaired) electrons. The molecule has 2 N–H and O–H groups in total. The lowest BCUT2D eigenvalue weighted by molar-refractivity contribution is 0.134. The van der Waals surface area contributed by atoms with Gasteiger partial charge in [-0.25, -0.2) is 9.18 Å². The van der Waals surface area contributed by atoms with Crippen molar-refractivity contribution in [2.45, 2.75) is 6.92 Å². The van der Waals surface area contributed by atoms with Gasteiger partial charge in [-0.15, -0.1) is 0 Å². The molecule has 1 aliphatic heterocycles. The zero-order valence-corrected chi connectivity index (χ0v) is 21.9. The minimum Gasteiger partial charge on any atom is -0.487 e. The summed E-state index contributed by atoms with van der Waals surface area (Å²) in [5.41, 5.74) is 2.14. The summed E-state index contributed by atoms with van der Waals surface area (Å²) in [7, 11) is 1.59. The second-order valence-electron chi connectivity index (χ2n) is 8.56. The maximum absolute atomic E-state index is 15.1. The number of nitrogens with zero attached hydrogens (tertiary/aromatic N) is 1. The van der Waals surface area contributed by atoms with E-state index in [2.05, 4.69) is 15.6 Å². The van der Waals surface area contributed by atoms with Crippen LogP contribution in [0.25, 0.3) is 10.9 Å². The zero-order valence-electron chi connectivity index (χ0n) is 21.2. The Bertz CT molecular complexity index is 1530. The van der Waals surface area contributed by atoms with Crippen molar-refractivity contribution in [3.63, 3.8) is 0 Å². The first-order chi connectivity index (χ1) is 18.9. The van der Waals surface area contributed by atoms with Crippen LogP contribution in [0.4, 0.5) is 20.6 Å². The monoisotopic (exact) mass is 553 g/mol. The summed E-state index contributed by atoms with van der Waals surface area (Å²) in [5.74, 6) is 0.887. The lowest BCUT2D eigenvalue weighted by Crippen LogP contribution is -2.19. The van der Waals surface area contributed by atoms with E-state index in [1.807, 2.05) is 6.92 Å². The SMILES string of the molecule is COCCOc1cc2nccc(Oc3ccc(NC(=O)Nc4ccc(Cl)c(C)c4)cc3F)c2c2c1OCCO2. The third kappa shape index (κ3) is 5.92. The summed E-state index contributed by atoms with van der Waals surface area (Å²) >= 11 is 6.03. The third-order valence-corrected chi connectivity index (χ3v) is 6.24. The number of carbonyl (C=O) groups is 1. The molecule has 0 unspecified atom stereocenters. The van der Waals surface area contributed by atoms with Crippen molar-refractivity contribution in [3.8, 4) is 28.7 Å². The molecule has 1 aliphatic rings. The number of hydrogen-bond acceptors (Lipinski definition) is 7. The highest BCUT2D eigenvalue weighted by Crippen LogP contribution is 2.48. The highest BCUT2D eigenvalue weighted by molar-refractivity contribution is 6.31. The third-order valence-electron chi connectivity index (χ3n) is 5.81. The molecule has 0 spiro atoms. The van der Waals surface area contributed by atoms with E-state index in [4.69, 9.17) is 35.3 Å². The Labute approximate surface area is 228 Å². The van der Waals surface area contributed by atoms with Gasteiger partial charge in [0.05, 0.1) is 17.5 Å². The van der Waals surface area contributed by atoms with Gasteiger partial charge < -0.3 is 34.3 Å². The molecule has 0 bridgehead atoms. The van der Waals surface area contributed by atoms with Gasteiger partial charge in [-0.1, -0.05) is 11.6 Å². The van der Waals surface area contributed by atoms with Gasteiger partial charge in [-0.05, 0) is 48.9 Å². The van der Waals surface area contributed by atoms with E-state index in [1.165, 1.54) is 18.2 Å². The number of hydrogen-bond donors (Lipinski definition) is 2. The van der Waals surface area contributed by atoms with Gasteiger partial charge in [0.2, 0.25) is 5.75 Å². The first kappa shape index (κ1) is 26.3. The van der Waals surface area contributed by atoms with Crippen LogP contribution in [-0.2, 0) is 4.74 Å². The number of pyridine rings is 1. The summed E-state index contributed by atoms with van der Waals surface area (Å²) in [6, 6.07) is 12.0. The molecule has 0 atom stereocenters. The van der Waals surface area contributed by atoms with Crippen molar-refractivity contribution in [3.05, 3.63) is 71.1 Å². The van der Waals surface area contributed by atoms with Crippen LogP contribution in [0.5, 0.6) is 28.7 Å². The maximum atomic E-state index is 15.1. The Morgan fingerprint density at radius 2 is 1.72 bits per heavy atom. The van der Waals surface area contributed by atoms with Crippen molar-refractivity contribution < 1.29 is 32.9 Å². The smallest absolute Gasteiger partial charge is 0.323 e. The van der Waals surface area contributed by atoms with E-state index < -0.39 is 11.8 Å². The van der Waals surface area contributed by atoms with E-state index in [0.29, 0.717) is 71.0 Å². The first-order valence-electron chi connectivity index (χ1n) is 12.1. The summed E-state index contributed by atoms with van der Waals surface area (Å²) in [6.45, 7) is 3.22. The van der Waals surface area contributed by atoms with Gasteiger partial charge >= 0.3 is 6.03 Å². The van der Waals surface area contributed by atoms with Crippen LogP contribution in [-0.4, -0.2) is 44.6 Å². The first-order valence-corrected chi connectivity index (χ1v) is 12.5. The summed E-state index contributed by atoms with van der Waals surface area (Å²) < 4.78 is 43.6. The predicted molar refractivity (Wildman–Crippen MR) is 145 cm³/mol. The molecule has 0 fully saturated rings. The van der Waals surface area contributed by atoms with Crippen LogP contribution in [0.2, 0.25) is 5.02 Å². The molecular weight excluding hydrogens is 529 g/mol. The number of carbonyl (C=O) groups excluding carboxylic acids is 1. The molecule has 5 rings (SSSR count). The van der Waals surface area contributed by atoms with Crippen molar-refractivity contribution in [2.24, 2.45) is 0 Å². The van der Waals surface area contributed by atoms with Crippen LogP contribution >= 0.6 is 11.6 Å². The van der Waals surface area contributed by atoms with Gasteiger partial charge in [-0.3, -0.25) is 4.98 Å². The minimum absolute atomic E-state index is 0.0484. The maximum Gasteiger partial charge on any atom is 0.323 e. The number of ether oxygens (including phenoxy) is 5. The molecule has 1 aromatic heterocycles. The average Bonchev–Trinajstić information content (AvgIpc) is 2.92. The van der Waals surface area contributed by atoms with E-state index >= 15 is 4.39 Å². The Morgan fingerprint density at radius 1 is 0.974 bits per heavy atom. The zero-order chi connectivity index (χ0) is 27.4. The normalized spacial score (nSPS) is 12.2. The van der Waals surface area contributed by atoms with Gasteiger partial charge in [0, 0.05) is 41.8 Å². The molecule has 2 amide bonds. The Hall–Kier alpha value is -4.28. The minimum atomic E-state index is -0.675. The summed E-state index contributed by atoms with van der Waals surface area (Å²) in [4.78, 5) is 16.8. The molecule has 0 saturated heterocycles. The van der Waals surface area contributed by atoms with Gasteiger partial charge in [0.25, 0.3) is 0 Å². The molecular formula is C28H25ClFN3O6. The lowest BCUT2D eigenvalue weighted by atomic mass is 10.1. The summed E-state index contributed by atoms with van der Waals surface area (Å²) in [6.07, 6.45) is 1.54. The van der Waals surface area contributed by atoms with E-state index in [-0.39, 0.29) is 11.4 Å². The number of methoxy groups -OCH3 is 1. The number of benzene rings is 3. The predicted octanol–water partition coefficient (Wildman–Crippen LogP) is 6.57. The number of rotatable bonds is 8. The quantitative estimate of drug-likeness (QED) is 0.238. The number of urea groups is 1.